The summed E-state index contributed by atoms with van der Waals surface area (Å²) in [4.78, 5) is 5.16. The lowest BCUT2D eigenvalue weighted by atomic mass is 9.59. The molecule has 4 heterocycles. The molecule has 15 rings (SSSR count). The van der Waals surface area contributed by atoms with Crippen LogP contribution in [0.1, 0.15) is 52.7 Å². The standard InChI is InChI=1S/C74H68B10N4/c1-73(2,3)37-17-15-19-39(33-37)85(49-25-11-9-23-45(49)59-61(75)65(79)69(83)66(80)62(59)76)53-31-29-41-47-35-56-48(36-55(47)87-51-27-13-7-21-43(51)57(53)71(41)87)42-30-32-54(58-44-22-8-14-28-52(44)88(56)72(42)58)86(40-20-16-18-38(34-40)74(4,5)6)50-26-12-10-24-46(50)60-63(77)67(81)70(84)68(82)64(60)78/h7-36H,75-84H2,1-6H3. The van der Waals surface area contributed by atoms with E-state index in [9.17, 15) is 0 Å². The zero-order valence-corrected chi connectivity index (χ0v) is 54.1. The molecule has 14 heteroatoms. The molecule has 0 saturated carbocycles. The highest BCUT2D eigenvalue weighted by Crippen LogP contribution is 2.53. The number of para-hydroxylation sites is 4. The molecule has 4 aromatic heterocycles. The average Bonchev–Trinajstić information content (AvgIpc) is 1.52. The van der Waals surface area contributed by atoms with E-state index in [1.807, 2.05) is 0 Å². The number of fused-ring (bicyclic) bond motifs is 12. The smallest absolute Gasteiger partial charge is 0.139 e. The Kier molecular flexibility index (Phi) is 12.6. The first-order chi connectivity index (χ1) is 42.1. The number of benzene rings is 11. The maximum Gasteiger partial charge on any atom is 0.139 e. The van der Waals surface area contributed by atoms with Crippen LogP contribution >= 0.6 is 0 Å². The third-order valence-electron chi connectivity index (χ3n) is 21.0. The molecule has 0 aliphatic heterocycles. The van der Waals surface area contributed by atoms with Gasteiger partial charge in [0, 0.05) is 65.6 Å². The molecule has 414 valence electrons. The number of nitrogens with zero attached hydrogens (tertiary/aromatic N) is 4. The Morgan fingerprint density at radius 3 is 1.00 bits per heavy atom. The van der Waals surface area contributed by atoms with E-state index in [-0.39, 0.29) is 10.8 Å². The van der Waals surface area contributed by atoms with Crippen molar-refractivity contribution >= 4 is 243 Å². The number of hydrogen-bond donors (Lipinski definition) is 0. The van der Waals surface area contributed by atoms with E-state index in [0.717, 1.165) is 34.1 Å². The van der Waals surface area contributed by atoms with E-state index in [2.05, 4.69) is 321 Å². The minimum atomic E-state index is -0.0575. The number of aromatic nitrogens is 2. The van der Waals surface area contributed by atoms with Crippen LogP contribution < -0.4 is 64.4 Å². The fourth-order valence-electron chi connectivity index (χ4n) is 15.5. The molecule has 88 heavy (non-hydrogen) atoms. The molecule has 0 N–H and O–H groups in total. The third-order valence-corrected chi connectivity index (χ3v) is 21.0. The molecule has 0 radical (unpaired) electrons. The van der Waals surface area contributed by atoms with Crippen molar-refractivity contribution in [1.82, 2.24) is 8.80 Å². The van der Waals surface area contributed by atoms with Gasteiger partial charge in [0.15, 0.2) is 0 Å². The van der Waals surface area contributed by atoms with E-state index < -0.39 is 0 Å². The van der Waals surface area contributed by atoms with Gasteiger partial charge in [0.25, 0.3) is 0 Å². The summed E-state index contributed by atoms with van der Waals surface area (Å²) < 4.78 is 5.18. The van der Waals surface area contributed by atoms with E-state index >= 15 is 0 Å². The van der Waals surface area contributed by atoms with Crippen molar-refractivity contribution in [3.63, 3.8) is 0 Å². The van der Waals surface area contributed by atoms with Gasteiger partial charge < -0.3 is 18.6 Å². The lowest BCUT2D eigenvalue weighted by Crippen LogP contribution is -2.55. The molecular formula is C74H68B10N4. The lowest BCUT2D eigenvalue weighted by Gasteiger charge is -2.31. The fraction of sp³-hybridized carbons (Fsp3) is 0.108. The second-order valence-electron chi connectivity index (χ2n) is 27.6. The summed E-state index contributed by atoms with van der Waals surface area (Å²) in [5, 5.41) is 9.98. The minimum absolute atomic E-state index is 0.0575. The van der Waals surface area contributed by atoms with E-state index in [1.165, 1.54) is 164 Å². The van der Waals surface area contributed by atoms with Gasteiger partial charge in [-0.25, -0.2) is 0 Å². The predicted octanol–water partition coefficient (Wildman–Crippen LogP) is 3.44. The van der Waals surface area contributed by atoms with Crippen molar-refractivity contribution in [3.05, 3.63) is 193 Å². The van der Waals surface area contributed by atoms with Crippen molar-refractivity contribution in [3.8, 4) is 22.3 Å². The van der Waals surface area contributed by atoms with Gasteiger partial charge in [-0.3, -0.25) is 0 Å². The second-order valence-corrected chi connectivity index (χ2v) is 27.6. The maximum absolute atomic E-state index is 2.59. The van der Waals surface area contributed by atoms with Gasteiger partial charge in [-0.1, -0.05) is 173 Å². The topological polar surface area (TPSA) is 15.3 Å². The van der Waals surface area contributed by atoms with E-state index in [4.69, 9.17) is 0 Å². The van der Waals surface area contributed by atoms with Crippen LogP contribution in [0.25, 0.3) is 98.4 Å². The molecular weight excluding hydrogens is 1050 g/mol. The van der Waals surface area contributed by atoms with Gasteiger partial charge in [-0.05, 0) is 106 Å². The quantitative estimate of drug-likeness (QED) is 0.217. The van der Waals surface area contributed by atoms with Crippen LogP contribution in [-0.2, 0) is 10.8 Å². The molecule has 0 fully saturated rings. The van der Waals surface area contributed by atoms with Crippen molar-refractivity contribution < 1.29 is 0 Å². The molecule has 0 saturated heterocycles. The van der Waals surface area contributed by atoms with Crippen LogP contribution in [0.15, 0.2) is 182 Å². The Hall–Kier alpha value is -8.73. The number of anilines is 6. The van der Waals surface area contributed by atoms with E-state index in [1.54, 1.807) is 0 Å². The number of rotatable bonds is 8. The van der Waals surface area contributed by atoms with Gasteiger partial charge in [0.05, 0.1) is 55.8 Å². The molecule has 0 atom stereocenters. The summed E-state index contributed by atoms with van der Waals surface area (Å²) in [5.41, 5.74) is 35.4. The summed E-state index contributed by atoms with van der Waals surface area (Å²) >= 11 is 0. The first-order valence-corrected chi connectivity index (χ1v) is 31.6. The zero-order valence-electron chi connectivity index (χ0n) is 54.1. The van der Waals surface area contributed by atoms with Crippen molar-refractivity contribution in [2.75, 3.05) is 9.80 Å². The monoisotopic (exact) mass is 1120 g/mol. The summed E-state index contributed by atoms with van der Waals surface area (Å²) in [6.45, 7) is 13.9. The van der Waals surface area contributed by atoms with Crippen LogP contribution in [0, 0.1) is 0 Å². The van der Waals surface area contributed by atoms with Gasteiger partial charge in [-0.2, -0.15) is 0 Å². The Morgan fingerprint density at radius 2 is 0.625 bits per heavy atom. The fourth-order valence-corrected chi connectivity index (χ4v) is 15.5. The highest BCUT2D eigenvalue weighted by molar-refractivity contribution is 6.70. The third kappa shape index (κ3) is 7.98. The maximum atomic E-state index is 2.59. The van der Waals surface area contributed by atoms with Crippen LogP contribution in [0.2, 0.25) is 0 Å². The Morgan fingerprint density at radius 1 is 0.284 bits per heavy atom. The van der Waals surface area contributed by atoms with E-state index in [0.29, 0.717) is 0 Å². The molecule has 15 aromatic rings. The normalized spacial score (nSPS) is 12.4. The molecule has 0 bridgehead atoms. The van der Waals surface area contributed by atoms with Gasteiger partial charge in [0.1, 0.15) is 78.5 Å². The lowest BCUT2D eigenvalue weighted by molar-refractivity contribution is 0.590. The first-order valence-electron chi connectivity index (χ1n) is 31.6. The number of hydrogen-bond acceptors (Lipinski definition) is 2. The van der Waals surface area contributed by atoms with Crippen LogP contribution in [0.3, 0.4) is 0 Å². The highest BCUT2D eigenvalue weighted by Gasteiger charge is 2.31. The van der Waals surface area contributed by atoms with Crippen LogP contribution in [-0.4, -0.2) is 87.3 Å². The van der Waals surface area contributed by atoms with Gasteiger partial charge in [-0.15, -0.1) is 32.8 Å². The van der Waals surface area contributed by atoms with Crippen molar-refractivity contribution in [1.29, 1.82) is 0 Å². The summed E-state index contributed by atoms with van der Waals surface area (Å²) in [7, 11) is 23.0. The van der Waals surface area contributed by atoms with Gasteiger partial charge >= 0.3 is 0 Å². The predicted molar refractivity (Wildman–Crippen MR) is 415 cm³/mol. The second kappa shape index (κ2) is 19.9. The van der Waals surface area contributed by atoms with Crippen LogP contribution in [0.4, 0.5) is 34.1 Å². The largest absolute Gasteiger partial charge is 0.309 e. The molecule has 0 amide bonds. The summed E-state index contributed by atoms with van der Waals surface area (Å²) in [5.74, 6) is 0. The minimum Gasteiger partial charge on any atom is -0.309 e. The highest BCUT2D eigenvalue weighted by atomic mass is 15.2. The molecule has 0 spiro atoms. The Bertz CT molecular complexity index is 5060. The molecule has 11 aromatic carbocycles. The van der Waals surface area contributed by atoms with Gasteiger partial charge in [0.2, 0.25) is 0 Å². The molecule has 0 aliphatic rings. The molecule has 0 unspecified atom stereocenters. The first kappa shape index (κ1) is 55.8. The summed E-state index contributed by atoms with van der Waals surface area (Å²) in [6.07, 6.45) is 0. The SMILES string of the molecule is Bc1c(B)c(B)c(-c2ccccc2N(c2cccc(C(C)(C)C)c2)c2ccc3c4cc5c(cc4n4c6ccccc6c2c34)c2ccc(N(c3cccc(C(C)(C)C)c3)c3ccccc3-c3c(B)c(B)c(B)c(B)c3B)c3c4ccccc4n5c23)c(B)c1B. The average molecular weight is 1120 g/mol. The van der Waals surface area contributed by atoms with Crippen molar-refractivity contribution in [2.24, 2.45) is 0 Å². The molecule has 4 nitrogen and oxygen atoms in total. The Balaban J connectivity index is 1.01. The van der Waals surface area contributed by atoms with Crippen LogP contribution in [0.5, 0.6) is 0 Å². The molecule has 0 aliphatic carbocycles. The van der Waals surface area contributed by atoms with Crippen molar-refractivity contribution in [2.45, 2.75) is 52.4 Å². The Labute approximate surface area is 526 Å². The summed E-state index contributed by atoms with van der Waals surface area (Å²) in [6, 6.07) is 69.9. The zero-order chi connectivity index (χ0) is 61.3.